The Labute approximate surface area is 156 Å². The smallest absolute Gasteiger partial charge is 0.333 e. The van der Waals surface area contributed by atoms with E-state index in [2.05, 4.69) is 53.2 Å². The molecule has 1 aliphatic carbocycles. The van der Waals surface area contributed by atoms with E-state index in [1.165, 1.54) is 5.56 Å². The van der Waals surface area contributed by atoms with E-state index in [1.54, 1.807) is 0 Å². The van der Waals surface area contributed by atoms with E-state index in [0.717, 1.165) is 45.1 Å². The van der Waals surface area contributed by atoms with Crippen LogP contribution in [-0.2, 0) is 11.2 Å². The molecule has 1 aromatic carbocycles. The van der Waals surface area contributed by atoms with Crippen LogP contribution in [0.1, 0.15) is 51.0 Å². The number of aliphatic carboxylic acids is 1. The van der Waals surface area contributed by atoms with Crippen molar-refractivity contribution < 1.29 is 9.90 Å². The lowest BCUT2D eigenvalue weighted by molar-refractivity contribution is -0.146. The minimum Gasteiger partial charge on any atom is -0.479 e. The monoisotopic (exact) mass is 354 g/mol. The Morgan fingerprint density at radius 1 is 1.31 bits per heavy atom. The fourth-order valence-electron chi connectivity index (χ4n) is 4.41. The van der Waals surface area contributed by atoms with Crippen molar-refractivity contribution >= 4 is 12.3 Å². The van der Waals surface area contributed by atoms with Crippen LogP contribution >= 0.6 is 0 Å². The van der Waals surface area contributed by atoms with Gasteiger partial charge in [0.05, 0.1) is 12.4 Å². The Hall–Kier alpha value is -2.10. The number of hydrogen-bond acceptors (Lipinski definition) is 3. The van der Waals surface area contributed by atoms with E-state index in [1.807, 2.05) is 12.4 Å². The van der Waals surface area contributed by atoms with Crippen molar-refractivity contribution in [1.82, 2.24) is 4.90 Å². The molecule has 4 nitrogen and oxygen atoms in total. The first-order chi connectivity index (χ1) is 12.7. The molecular formula is C22H30N2O2. The molecular weight excluding hydrogens is 324 g/mol. The van der Waals surface area contributed by atoms with Gasteiger partial charge in [0.25, 0.3) is 0 Å². The van der Waals surface area contributed by atoms with Crippen molar-refractivity contribution in [3.05, 3.63) is 48.0 Å². The van der Waals surface area contributed by atoms with Crippen LogP contribution in [0.3, 0.4) is 0 Å². The third-order valence-corrected chi connectivity index (χ3v) is 5.82. The topological polar surface area (TPSA) is 52.9 Å². The first kappa shape index (κ1) is 18.7. The van der Waals surface area contributed by atoms with E-state index < -0.39 is 11.5 Å². The summed E-state index contributed by atoms with van der Waals surface area (Å²) in [6, 6.07) is 10.4. The number of aliphatic imine (C=N–C) groups is 1. The Morgan fingerprint density at radius 3 is 2.77 bits per heavy atom. The molecule has 1 aliphatic heterocycles. The van der Waals surface area contributed by atoms with E-state index in [4.69, 9.17) is 0 Å². The highest BCUT2D eigenvalue weighted by Gasteiger charge is 2.53. The van der Waals surface area contributed by atoms with Gasteiger partial charge in [-0.15, -0.1) is 0 Å². The van der Waals surface area contributed by atoms with Crippen LogP contribution in [-0.4, -0.2) is 40.4 Å². The van der Waals surface area contributed by atoms with Gasteiger partial charge in [0.1, 0.15) is 0 Å². The summed E-state index contributed by atoms with van der Waals surface area (Å²) in [5.74, 6) is -0.407. The van der Waals surface area contributed by atoms with E-state index in [9.17, 15) is 9.90 Å². The quantitative estimate of drug-likeness (QED) is 0.708. The molecule has 4 heteroatoms. The summed E-state index contributed by atoms with van der Waals surface area (Å²) in [5.41, 5.74) is 0.298. The first-order valence-electron chi connectivity index (χ1n) is 9.91. The molecule has 2 aliphatic rings. The summed E-state index contributed by atoms with van der Waals surface area (Å²) in [6.07, 6.45) is 12.7. The fraction of sp³-hybridized carbons (Fsp3) is 0.545. The van der Waals surface area contributed by atoms with Crippen LogP contribution in [0.2, 0.25) is 0 Å². The number of nitrogens with zero attached hydrogens (tertiary/aromatic N) is 2. The largest absolute Gasteiger partial charge is 0.479 e. The Kier molecular flexibility index (Phi) is 6.12. The normalized spacial score (nSPS) is 27.8. The number of carbonyl (C=O) groups is 1. The maximum atomic E-state index is 12.3. The fourth-order valence-corrected chi connectivity index (χ4v) is 4.41. The van der Waals surface area contributed by atoms with Crippen molar-refractivity contribution in [2.24, 2.45) is 10.9 Å². The highest BCUT2D eigenvalue weighted by atomic mass is 16.4. The molecule has 140 valence electrons. The standard InChI is InChI=1S/C22H30N2O2/c1-2-3-15-22(21(25)26)20(19-12-8-5-9-13-19)24(17-23-22)16-14-18-10-6-4-7-11-18/h4-8,10-11,17,19-20H,2-3,9,12-16H2,1H3,(H,25,26). The van der Waals surface area contributed by atoms with Crippen LogP contribution in [0, 0.1) is 5.92 Å². The highest BCUT2D eigenvalue weighted by Crippen LogP contribution is 2.40. The maximum Gasteiger partial charge on any atom is 0.333 e. The second-order valence-electron chi connectivity index (χ2n) is 7.54. The van der Waals surface area contributed by atoms with Gasteiger partial charge in [-0.25, -0.2) is 4.79 Å². The first-order valence-corrected chi connectivity index (χ1v) is 9.91. The second kappa shape index (κ2) is 8.52. The van der Waals surface area contributed by atoms with Crippen LogP contribution in [0.25, 0.3) is 0 Å². The van der Waals surface area contributed by atoms with Gasteiger partial charge < -0.3 is 10.0 Å². The number of allylic oxidation sites excluding steroid dienone is 2. The zero-order valence-corrected chi connectivity index (χ0v) is 15.7. The molecule has 0 amide bonds. The minimum absolute atomic E-state index is 0.0415. The molecule has 1 N–H and O–H groups in total. The zero-order valence-electron chi connectivity index (χ0n) is 15.7. The molecule has 0 fully saturated rings. The van der Waals surface area contributed by atoms with Gasteiger partial charge in [-0.2, -0.15) is 0 Å². The van der Waals surface area contributed by atoms with Gasteiger partial charge >= 0.3 is 5.97 Å². The Bertz CT molecular complexity index is 655. The van der Waals surface area contributed by atoms with Crippen LogP contribution in [0.5, 0.6) is 0 Å². The van der Waals surface area contributed by atoms with Crippen molar-refractivity contribution in [3.63, 3.8) is 0 Å². The summed E-state index contributed by atoms with van der Waals surface area (Å²) in [5, 5.41) is 10.1. The molecule has 26 heavy (non-hydrogen) atoms. The molecule has 0 bridgehead atoms. The maximum absolute atomic E-state index is 12.3. The lowest BCUT2D eigenvalue weighted by atomic mass is 9.74. The number of unbranched alkanes of at least 4 members (excludes halogenated alkanes) is 1. The summed E-state index contributed by atoms with van der Waals surface area (Å²) >= 11 is 0. The van der Waals surface area contributed by atoms with E-state index >= 15 is 0 Å². The third kappa shape index (κ3) is 3.84. The molecule has 0 aromatic heterocycles. The third-order valence-electron chi connectivity index (χ3n) is 5.82. The second-order valence-corrected chi connectivity index (χ2v) is 7.54. The summed E-state index contributed by atoms with van der Waals surface area (Å²) in [6.45, 7) is 2.93. The van der Waals surface area contributed by atoms with Gasteiger partial charge in [0, 0.05) is 6.54 Å². The van der Waals surface area contributed by atoms with Crippen molar-refractivity contribution in [3.8, 4) is 0 Å². The van der Waals surface area contributed by atoms with Crippen LogP contribution < -0.4 is 0 Å². The predicted octanol–water partition coefficient (Wildman–Crippen LogP) is 4.31. The summed E-state index contributed by atoms with van der Waals surface area (Å²) in [7, 11) is 0. The van der Waals surface area contributed by atoms with Crippen LogP contribution in [0.15, 0.2) is 47.5 Å². The van der Waals surface area contributed by atoms with Gasteiger partial charge in [0.15, 0.2) is 5.54 Å². The molecule has 0 saturated carbocycles. The average molecular weight is 354 g/mol. The minimum atomic E-state index is -0.984. The van der Waals surface area contributed by atoms with E-state index in [-0.39, 0.29) is 6.04 Å². The number of benzene rings is 1. The summed E-state index contributed by atoms with van der Waals surface area (Å²) < 4.78 is 0. The molecule has 0 saturated heterocycles. The number of carboxylic acids is 1. The molecule has 0 spiro atoms. The number of rotatable bonds is 8. The van der Waals surface area contributed by atoms with Gasteiger partial charge in [-0.05, 0) is 43.6 Å². The lowest BCUT2D eigenvalue weighted by Gasteiger charge is -2.40. The zero-order chi connectivity index (χ0) is 18.4. The van der Waals surface area contributed by atoms with Crippen LogP contribution in [0.4, 0.5) is 0 Å². The molecule has 1 aromatic rings. The highest BCUT2D eigenvalue weighted by molar-refractivity contribution is 5.85. The molecule has 3 rings (SSSR count). The molecule has 0 radical (unpaired) electrons. The Morgan fingerprint density at radius 2 is 2.12 bits per heavy atom. The lowest BCUT2D eigenvalue weighted by Crippen LogP contribution is -2.55. The van der Waals surface area contributed by atoms with Gasteiger partial charge in [0.2, 0.25) is 0 Å². The molecule has 3 atom stereocenters. The SMILES string of the molecule is CCCCC1(C(=O)O)N=CN(CCc2ccccc2)C1C1CC=CCC1. The van der Waals surface area contributed by atoms with Crippen molar-refractivity contribution in [2.45, 2.75) is 63.5 Å². The molecule has 3 unspecified atom stereocenters. The average Bonchev–Trinajstić information content (AvgIpc) is 3.06. The van der Waals surface area contributed by atoms with Crippen molar-refractivity contribution in [1.29, 1.82) is 0 Å². The summed E-state index contributed by atoms with van der Waals surface area (Å²) in [4.78, 5) is 19.2. The molecule has 1 heterocycles. The Balaban J connectivity index is 1.82. The predicted molar refractivity (Wildman–Crippen MR) is 106 cm³/mol. The number of hydrogen-bond donors (Lipinski definition) is 1. The van der Waals surface area contributed by atoms with E-state index in [0.29, 0.717) is 12.3 Å². The van der Waals surface area contributed by atoms with Gasteiger partial charge in [-0.1, -0.05) is 62.2 Å². The van der Waals surface area contributed by atoms with Crippen molar-refractivity contribution in [2.75, 3.05) is 6.54 Å². The van der Waals surface area contributed by atoms with Gasteiger partial charge in [-0.3, -0.25) is 4.99 Å². The number of carboxylic acid groups (broad SMARTS) is 1.